The molecule has 1 N–H and O–H groups in total. The summed E-state index contributed by atoms with van der Waals surface area (Å²) in [5.74, 6) is 0.126. The molecule has 0 amide bonds. The third kappa shape index (κ3) is 8.81. The number of anilines is 2. The van der Waals surface area contributed by atoms with Gasteiger partial charge >= 0.3 is 5.97 Å². The van der Waals surface area contributed by atoms with E-state index < -0.39 is 5.97 Å². The van der Waals surface area contributed by atoms with Crippen LogP contribution in [0.2, 0.25) is 0 Å². The van der Waals surface area contributed by atoms with Crippen molar-refractivity contribution in [3.05, 3.63) is 114 Å². The molecule has 4 aromatic heterocycles. The first-order chi connectivity index (χ1) is 28.1. The van der Waals surface area contributed by atoms with Crippen molar-refractivity contribution in [3.63, 3.8) is 0 Å². The van der Waals surface area contributed by atoms with E-state index in [-0.39, 0.29) is 12.3 Å². The maximum atomic E-state index is 11.1. The topological polar surface area (TPSA) is 83.8 Å². The van der Waals surface area contributed by atoms with Crippen LogP contribution in [0.3, 0.4) is 0 Å². The van der Waals surface area contributed by atoms with E-state index in [1.807, 2.05) is 6.92 Å². The highest BCUT2D eigenvalue weighted by atomic mass is 79.9. The fraction of sp³-hybridized carbons (Fsp3) is 0.417. The lowest BCUT2D eigenvalue weighted by Gasteiger charge is -2.33. The Morgan fingerprint density at radius 3 is 1.37 bits per heavy atom. The van der Waals surface area contributed by atoms with E-state index in [0.717, 1.165) is 83.5 Å². The van der Waals surface area contributed by atoms with Crippen LogP contribution in [0.25, 0.3) is 38.3 Å². The molecule has 2 saturated heterocycles. The van der Waals surface area contributed by atoms with Crippen molar-refractivity contribution in [2.75, 3.05) is 42.5 Å². The van der Waals surface area contributed by atoms with Gasteiger partial charge in [-0.25, -0.2) is 16.5 Å². The van der Waals surface area contributed by atoms with Crippen molar-refractivity contribution in [3.8, 4) is 11.4 Å². The van der Waals surface area contributed by atoms with Crippen LogP contribution < -0.4 is 9.80 Å². The van der Waals surface area contributed by atoms with Gasteiger partial charge < -0.3 is 28.9 Å². The van der Waals surface area contributed by atoms with E-state index in [1.54, 1.807) is 0 Å². The van der Waals surface area contributed by atoms with Crippen LogP contribution in [-0.2, 0) is 4.79 Å². The number of carboxylic acid groups (broad SMARTS) is 1. The Morgan fingerprint density at radius 2 is 1.02 bits per heavy atom. The molecule has 6 heterocycles. The Labute approximate surface area is 365 Å². The van der Waals surface area contributed by atoms with Gasteiger partial charge in [-0.1, -0.05) is 31.9 Å². The predicted molar refractivity (Wildman–Crippen MR) is 249 cm³/mol. The molecular weight excluding hydrogens is 866 g/mol. The molecule has 59 heavy (non-hydrogen) atoms. The largest absolute Gasteiger partial charge is 0.481 e. The summed E-state index contributed by atoms with van der Waals surface area (Å²) in [7, 11) is 0. The van der Waals surface area contributed by atoms with E-state index >= 15 is 0 Å². The van der Waals surface area contributed by atoms with E-state index in [0.29, 0.717) is 12.5 Å². The van der Waals surface area contributed by atoms with Crippen molar-refractivity contribution in [1.29, 1.82) is 0 Å². The molecule has 0 atom stereocenters. The van der Waals surface area contributed by atoms with Crippen molar-refractivity contribution in [2.45, 2.75) is 87.5 Å². The smallest absolute Gasteiger partial charge is 0.303 e. The molecule has 0 unspecified atom stereocenters. The molecular formula is C48H55Br2N7O2. The monoisotopic (exact) mass is 919 g/mol. The van der Waals surface area contributed by atoms with Gasteiger partial charge in [-0.3, -0.25) is 4.79 Å². The Balaban J connectivity index is 0.000000179. The molecule has 0 spiro atoms. The molecule has 0 saturated carbocycles. The minimum Gasteiger partial charge on any atom is -0.481 e. The molecule has 2 aromatic carbocycles. The summed E-state index contributed by atoms with van der Waals surface area (Å²) in [6, 6.07) is 13.0. The van der Waals surface area contributed by atoms with Crippen molar-refractivity contribution in [1.82, 2.24) is 19.1 Å². The van der Waals surface area contributed by atoms with Gasteiger partial charge in [-0.05, 0) is 157 Å². The van der Waals surface area contributed by atoms with E-state index in [4.69, 9.17) is 21.6 Å². The number of aliphatic carboxylic acids is 1. The molecule has 2 aliphatic rings. The standard InChI is InChI=1S/C24H27BrN4.C24H28BrN3O2/c1-15-10-20(25)11-16(2)23(15)29-14-17(3)22-21(12-18(4)27-24(22)29)28-8-6-19(7-9-28)13-26-5;1-14-9-19(25)10-15(2)23(14)28-13-16(3)22-20(11-17(4)26-24(22)28)27-7-5-18(6-8-27)12-21(29)30/h10-12,14,19H,6-9,13H2,1-4H3;9-11,13,18H,5-8,12H2,1-4H3,(H,29,30). The summed E-state index contributed by atoms with van der Waals surface area (Å²) in [6.07, 6.45) is 8.72. The number of nitrogens with zero attached hydrogens (tertiary/aromatic N) is 7. The molecule has 2 fully saturated rings. The number of hydrogen-bond acceptors (Lipinski definition) is 5. The van der Waals surface area contributed by atoms with Gasteiger partial charge in [0.2, 0.25) is 6.54 Å². The molecule has 9 nitrogen and oxygen atoms in total. The van der Waals surface area contributed by atoms with Crippen LogP contribution in [0.1, 0.15) is 76.9 Å². The summed E-state index contributed by atoms with van der Waals surface area (Å²) in [5, 5.41) is 11.6. The number of aryl methyl sites for hydroxylation is 8. The summed E-state index contributed by atoms with van der Waals surface area (Å²) in [5.41, 5.74) is 16.3. The minimum absolute atomic E-state index is 0.274. The minimum atomic E-state index is -0.691. The number of fused-ring (bicyclic) bond motifs is 2. The van der Waals surface area contributed by atoms with Gasteiger partial charge in [0.15, 0.2) is 0 Å². The quantitative estimate of drug-likeness (QED) is 0.161. The molecule has 8 rings (SSSR count). The number of piperidine rings is 2. The molecule has 11 heteroatoms. The summed E-state index contributed by atoms with van der Waals surface area (Å²) < 4.78 is 6.69. The second-order valence-electron chi connectivity index (χ2n) is 16.9. The Bertz CT molecular complexity index is 2560. The molecule has 6 aromatic rings. The average molecular weight is 922 g/mol. The average Bonchev–Trinajstić information content (AvgIpc) is 3.66. The van der Waals surface area contributed by atoms with Crippen LogP contribution in [0, 0.1) is 73.8 Å². The maximum Gasteiger partial charge on any atom is 0.303 e. The Morgan fingerprint density at radius 1 is 0.644 bits per heavy atom. The Hall–Kier alpha value is -4.66. The first kappa shape index (κ1) is 42.5. The number of rotatable bonds is 7. The van der Waals surface area contributed by atoms with Crippen LogP contribution in [-0.4, -0.2) is 62.9 Å². The third-order valence-electron chi connectivity index (χ3n) is 12.2. The van der Waals surface area contributed by atoms with Gasteiger partial charge in [-0.15, -0.1) is 0 Å². The second kappa shape index (κ2) is 17.5. The van der Waals surface area contributed by atoms with Crippen molar-refractivity contribution in [2.24, 2.45) is 11.8 Å². The Kier molecular flexibility index (Phi) is 12.6. The number of halogens is 2. The van der Waals surface area contributed by atoms with Gasteiger partial charge in [0, 0.05) is 93.4 Å². The highest BCUT2D eigenvalue weighted by Crippen LogP contribution is 2.38. The fourth-order valence-electron chi connectivity index (χ4n) is 9.54. The zero-order valence-corrected chi connectivity index (χ0v) is 38.8. The van der Waals surface area contributed by atoms with Gasteiger partial charge in [-0.2, -0.15) is 0 Å². The number of benzene rings is 2. The molecule has 308 valence electrons. The molecule has 2 aliphatic heterocycles. The van der Waals surface area contributed by atoms with Crippen LogP contribution in [0.5, 0.6) is 0 Å². The lowest BCUT2D eigenvalue weighted by Crippen LogP contribution is -2.34. The predicted octanol–water partition coefficient (Wildman–Crippen LogP) is 11.9. The highest BCUT2D eigenvalue weighted by Gasteiger charge is 2.27. The van der Waals surface area contributed by atoms with Crippen molar-refractivity contribution < 1.29 is 9.90 Å². The van der Waals surface area contributed by atoms with E-state index in [9.17, 15) is 4.79 Å². The first-order valence-corrected chi connectivity index (χ1v) is 22.3. The molecule has 0 bridgehead atoms. The van der Waals surface area contributed by atoms with Gasteiger partial charge in [0.25, 0.3) is 0 Å². The number of pyridine rings is 2. The van der Waals surface area contributed by atoms with Crippen molar-refractivity contribution >= 4 is 71.3 Å². The second-order valence-corrected chi connectivity index (χ2v) is 18.7. The summed E-state index contributed by atoms with van der Waals surface area (Å²) >= 11 is 7.22. The van der Waals surface area contributed by atoms with E-state index in [2.05, 4.69) is 153 Å². The zero-order chi connectivity index (χ0) is 42.3. The number of carbonyl (C=O) groups is 1. The van der Waals surface area contributed by atoms with Crippen LogP contribution in [0.4, 0.5) is 11.4 Å². The van der Waals surface area contributed by atoms with E-state index in [1.165, 1.54) is 66.9 Å². The molecule has 0 aliphatic carbocycles. The molecule has 0 radical (unpaired) electrons. The van der Waals surface area contributed by atoms with Crippen LogP contribution >= 0.6 is 31.9 Å². The van der Waals surface area contributed by atoms with Crippen LogP contribution in [0.15, 0.2) is 57.7 Å². The number of hydrogen-bond donors (Lipinski definition) is 1. The number of aromatic nitrogens is 4. The third-order valence-corrected chi connectivity index (χ3v) is 13.1. The van der Waals surface area contributed by atoms with Gasteiger partial charge in [0.05, 0.1) is 11.4 Å². The lowest BCUT2D eigenvalue weighted by molar-refractivity contribution is -0.138. The van der Waals surface area contributed by atoms with Gasteiger partial charge in [0.1, 0.15) is 11.3 Å². The summed E-state index contributed by atoms with van der Waals surface area (Å²) in [4.78, 5) is 29.5. The normalized spacial score (nSPS) is 15.1. The lowest BCUT2D eigenvalue weighted by atomic mass is 9.93. The zero-order valence-electron chi connectivity index (χ0n) is 35.6. The summed E-state index contributed by atoms with van der Waals surface area (Å²) in [6.45, 7) is 28.7. The highest BCUT2D eigenvalue weighted by molar-refractivity contribution is 9.10. The fourth-order valence-corrected chi connectivity index (χ4v) is 10.9. The maximum absolute atomic E-state index is 11.1. The SMILES string of the molecule is Cc1cc(N2CCC(CC(=O)O)CC2)c2c(C)cn(-c3c(C)cc(Br)cc3C)c2n1.[C-]#[N+]CC1CCN(c2cc(C)nc3c2c(C)cn3-c2c(C)cc(Br)cc2C)CC1. The number of carboxylic acids is 1. The first-order valence-electron chi connectivity index (χ1n) is 20.7.